The van der Waals surface area contributed by atoms with Crippen LogP contribution in [0, 0.1) is 0 Å². The van der Waals surface area contributed by atoms with Crippen LogP contribution < -0.4 is 10.3 Å². The standard InChI is InChI=1S/C20H20BrN3O3/c1-3-24(4-2)16-7-5-13(17(25)11-16)12-22-23-20(26)19-10-14-9-15(21)6-8-18(14)27-19/h5-12,25H,3-4H2,1-2H3,(H,23,26)/b22-12+. The van der Waals surface area contributed by atoms with Crippen molar-refractivity contribution in [3.8, 4) is 5.75 Å². The summed E-state index contributed by atoms with van der Waals surface area (Å²) in [7, 11) is 0. The van der Waals surface area contributed by atoms with Crippen molar-refractivity contribution in [3.05, 3.63) is 58.3 Å². The van der Waals surface area contributed by atoms with Crippen LogP contribution in [0.1, 0.15) is 30.0 Å². The highest BCUT2D eigenvalue weighted by atomic mass is 79.9. The van der Waals surface area contributed by atoms with E-state index >= 15 is 0 Å². The minimum absolute atomic E-state index is 0.103. The first-order chi connectivity index (χ1) is 13.0. The van der Waals surface area contributed by atoms with Crippen molar-refractivity contribution in [3.63, 3.8) is 0 Å². The Morgan fingerprint density at radius 3 is 2.70 bits per heavy atom. The number of anilines is 1. The Hall–Kier alpha value is -2.80. The molecule has 0 aliphatic heterocycles. The summed E-state index contributed by atoms with van der Waals surface area (Å²) in [6.45, 7) is 5.82. The van der Waals surface area contributed by atoms with Crippen LogP contribution in [0.15, 0.2) is 56.5 Å². The molecule has 1 amide bonds. The minimum atomic E-state index is -0.460. The molecule has 0 unspecified atom stereocenters. The zero-order valence-electron chi connectivity index (χ0n) is 15.1. The van der Waals surface area contributed by atoms with Crippen LogP contribution in [0.2, 0.25) is 0 Å². The van der Waals surface area contributed by atoms with Gasteiger partial charge in [-0.2, -0.15) is 5.10 Å². The third-order valence-electron chi connectivity index (χ3n) is 4.21. The summed E-state index contributed by atoms with van der Waals surface area (Å²) in [5.41, 5.74) is 4.49. The maximum Gasteiger partial charge on any atom is 0.307 e. The molecular formula is C20H20BrN3O3. The van der Waals surface area contributed by atoms with Crippen LogP contribution in [0.5, 0.6) is 5.75 Å². The Bertz CT molecular complexity index is 993. The smallest absolute Gasteiger partial charge is 0.307 e. The predicted molar refractivity (Wildman–Crippen MR) is 111 cm³/mol. The van der Waals surface area contributed by atoms with Gasteiger partial charge in [-0.05, 0) is 50.2 Å². The second kappa shape index (κ2) is 8.26. The molecular weight excluding hydrogens is 410 g/mol. The lowest BCUT2D eigenvalue weighted by Gasteiger charge is -2.21. The van der Waals surface area contributed by atoms with E-state index in [9.17, 15) is 9.90 Å². The number of nitrogens with zero attached hydrogens (tertiary/aromatic N) is 2. The van der Waals surface area contributed by atoms with Gasteiger partial charge in [-0.15, -0.1) is 0 Å². The molecule has 0 bridgehead atoms. The van der Waals surface area contributed by atoms with Gasteiger partial charge in [0.15, 0.2) is 5.76 Å². The molecule has 3 aromatic rings. The number of benzene rings is 2. The monoisotopic (exact) mass is 429 g/mol. The number of carbonyl (C=O) groups excluding carboxylic acids is 1. The number of aromatic hydroxyl groups is 1. The summed E-state index contributed by atoms with van der Waals surface area (Å²) in [5, 5.41) is 14.9. The minimum Gasteiger partial charge on any atom is -0.507 e. The van der Waals surface area contributed by atoms with Gasteiger partial charge in [-0.25, -0.2) is 5.43 Å². The molecule has 0 saturated carbocycles. The Kier molecular flexibility index (Phi) is 5.81. The van der Waals surface area contributed by atoms with Crippen LogP contribution in [0.4, 0.5) is 5.69 Å². The average Bonchev–Trinajstić information content (AvgIpc) is 3.07. The maximum atomic E-state index is 12.2. The highest BCUT2D eigenvalue weighted by molar-refractivity contribution is 9.10. The van der Waals surface area contributed by atoms with Crippen LogP contribution in [0.25, 0.3) is 11.0 Å². The summed E-state index contributed by atoms with van der Waals surface area (Å²) in [4.78, 5) is 14.3. The van der Waals surface area contributed by atoms with E-state index in [-0.39, 0.29) is 11.5 Å². The van der Waals surface area contributed by atoms with E-state index in [4.69, 9.17) is 4.42 Å². The van der Waals surface area contributed by atoms with Crippen molar-refractivity contribution in [2.75, 3.05) is 18.0 Å². The number of furan rings is 1. The Morgan fingerprint density at radius 1 is 1.22 bits per heavy atom. The van der Waals surface area contributed by atoms with Gasteiger partial charge in [0.2, 0.25) is 0 Å². The highest BCUT2D eigenvalue weighted by Crippen LogP contribution is 2.24. The van der Waals surface area contributed by atoms with Gasteiger partial charge in [-0.1, -0.05) is 15.9 Å². The van der Waals surface area contributed by atoms with E-state index in [1.807, 2.05) is 18.2 Å². The van der Waals surface area contributed by atoms with Crippen LogP contribution in [0.3, 0.4) is 0 Å². The zero-order chi connectivity index (χ0) is 19.4. The SMILES string of the molecule is CCN(CC)c1ccc(/C=N/NC(=O)c2cc3cc(Br)ccc3o2)c(O)c1. The first kappa shape index (κ1) is 19.0. The number of halogens is 1. The Morgan fingerprint density at radius 2 is 2.00 bits per heavy atom. The third-order valence-corrected chi connectivity index (χ3v) is 4.71. The number of amides is 1. The molecule has 0 fully saturated rings. The molecule has 7 heteroatoms. The fourth-order valence-electron chi connectivity index (χ4n) is 2.77. The zero-order valence-corrected chi connectivity index (χ0v) is 16.7. The molecule has 0 aliphatic carbocycles. The molecule has 0 atom stereocenters. The first-order valence-electron chi connectivity index (χ1n) is 8.62. The summed E-state index contributed by atoms with van der Waals surface area (Å²) >= 11 is 3.38. The van der Waals surface area contributed by atoms with E-state index in [1.165, 1.54) is 6.21 Å². The van der Waals surface area contributed by atoms with Gasteiger partial charge in [0.05, 0.1) is 6.21 Å². The van der Waals surface area contributed by atoms with Gasteiger partial charge in [-0.3, -0.25) is 4.79 Å². The largest absolute Gasteiger partial charge is 0.507 e. The van der Waals surface area contributed by atoms with Gasteiger partial charge in [0, 0.05) is 40.3 Å². The summed E-state index contributed by atoms with van der Waals surface area (Å²) in [5.74, 6) is -0.190. The molecule has 1 aromatic heterocycles. The second-order valence-electron chi connectivity index (χ2n) is 5.91. The lowest BCUT2D eigenvalue weighted by atomic mass is 10.2. The molecule has 3 rings (SSSR count). The van der Waals surface area contributed by atoms with Gasteiger partial charge in [0.1, 0.15) is 11.3 Å². The van der Waals surface area contributed by atoms with Gasteiger partial charge >= 0.3 is 5.91 Å². The molecule has 140 valence electrons. The lowest BCUT2D eigenvalue weighted by molar-refractivity contribution is 0.0929. The molecule has 0 spiro atoms. The van der Waals surface area contributed by atoms with E-state index in [0.717, 1.165) is 28.6 Å². The number of nitrogens with one attached hydrogen (secondary N) is 1. The number of fused-ring (bicyclic) bond motifs is 1. The van der Waals surface area contributed by atoms with Crippen LogP contribution in [-0.2, 0) is 0 Å². The molecule has 0 saturated heterocycles. The van der Waals surface area contributed by atoms with Gasteiger partial charge < -0.3 is 14.4 Å². The molecule has 27 heavy (non-hydrogen) atoms. The van der Waals surface area contributed by atoms with Crippen molar-refractivity contribution in [2.24, 2.45) is 5.10 Å². The number of hydrazone groups is 1. The molecule has 0 aliphatic rings. The highest BCUT2D eigenvalue weighted by Gasteiger charge is 2.12. The number of rotatable bonds is 6. The topological polar surface area (TPSA) is 78.1 Å². The average molecular weight is 430 g/mol. The summed E-state index contributed by atoms with van der Waals surface area (Å²) < 4.78 is 6.42. The number of hydrogen-bond acceptors (Lipinski definition) is 5. The quantitative estimate of drug-likeness (QED) is 0.446. The number of phenolic OH excluding ortho intramolecular Hbond substituents is 1. The van der Waals surface area contributed by atoms with Crippen molar-refractivity contribution in [1.82, 2.24) is 5.43 Å². The van der Waals surface area contributed by atoms with Crippen LogP contribution >= 0.6 is 15.9 Å². The van der Waals surface area contributed by atoms with E-state index < -0.39 is 5.91 Å². The molecule has 2 aromatic carbocycles. The van der Waals surface area contributed by atoms with E-state index in [2.05, 4.69) is 45.2 Å². The molecule has 2 N–H and O–H groups in total. The summed E-state index contributed by atoms with van der Waals surface area (Å²) in [6.07, 6.45) is 1.40. The third kappa shape index (κ3) is 4.31. The first-order valence-corrected chi connectivity index (χ1v) is 9.41. The Balaban J connectivity index is 1.69. The lowest BCUT2D eigenvalue weighted by Crippen LogP contribution is -2.21. The fourth-order valence-corrected chi connectivity index (χ4v) is 3.15. The normalized spacial score (nSPS) is 11.2. The number of carbonyl (C=O) groups is 1. The van der Waals surface area contributed by atoms with E-state index in [1.54, 1.807) is 24.3 Å². The fraction of sp³-hybridized carbons (Fsp3) is 0.200. The van der Waals surface area contributed by atoms with Crippen molar-refractivity contribution >= 4 is 44.7 Å². The molecule has 1 heterocycles. The van der Waals surface area contributed by atoms with Crippen molar-refractivity contribution in [1.29, 1.82) is 0 Å². The predicted octanol–water partition coefficient (Wildman–Crippen LogP) is 4.51. The van der Waals surface area contributed by atoms with Crippen LogP contribution in [-0.4, -0.2) is 30.3 Å². The van der Waals surface area contributed by atoms with Crippen molar-refractivity contribution in [2.45, 2.75) is 13.8 Å². The second-order valence-corrected chi connectivity index (χ2v) is 6.82. The maximum absolute atomic E-state index is 12.2. The van der Waals surface area contributed by atoms with Gasteiger partial charge in [0.25, 0.3) is 0 Å². The van der Waals surface area contributed by atoms with Crippen molar-refractivity contribution < 1.29 is 14.3 Å². The molecule has 0 radical (unpaired) electrons. The number of phenols is 1. The van der Waals surface area contributed by atoms with E-state index in [0.29, 0.717) is 11.1 Å². The number of hydrogen-bond donors (Lipinski definition) is 2. The summed E-state index contributed by atoms with van der Waals surface area (Å²) in [6, 6.07) is 12.5. The Labute approximate surface area is 165 Å². The molecule has 6 nitrogen and oxygen atoms in total.